The summed E-state index contributed by atoms with van der Waals surface area (Å²) in [5.74, 6) is 0.396. The first-order valence-electron chi connectivity index (χ1n) is 11.2. The Morgan fingerprint density at radius 2 is 1.89 bits per heavy atom. The molecule has 3 heterocycles. The van der Waals surface area contributed by atoms with Crippen LogP contribution >= 0.6 is 27.7 Å². The molecule has 4 aromatic rings. The van der Waals surface area contributed by atoms with Crippen molar-refractivity contribution in [3.05, 3.63) is 91.8 Å². The number of carbonyl (C=O) groups is 1. The van der Waals surface area contributed by atoms with E-state index in [0.29, 0.717) is 23.8 Å². The number of halogens is 1. The molecule has 5 rings (SSSR count). The zero-order valence-corrected chi connectivity index (χ0v) is 21.6. The molecule has 0 aliphatic carbocycles. The van der Waals surface area contributed by atoms with Crippen LogP contribution in [0, 0.1) is 6.92 Å². The minimum Gasteiger partial charge on any atom is -0.291 e. The van der Waals surface area contributed by atoms with Crippen LogP contribution in [0.25, 0.3) is 5.78 Å². The first-order chi connectivity index (χ1) is 16.9. The third kappa shape index (κ3) is 4.81. The highest BCUT2D eigenvalue weighted by atomic mass is 79.9. The van der Waals surface area contributed by atoms with E-state index in [-0.39, 0.29) is 23.3 Å². The van der Waals surface area contributed by atoms with E-state index >= 15 is 0 Å². The average molecular weight is 551 g/mol. The molecule has 1 atom stereocenters. The number of aromatic nitrogens is 4. The molecule has 2 aromatic heterocycles. The van der Waals surface area contributed by atoms with Crippen molar-refractivity contribution in [1.82, 2.24) is 24.6 Å². The lowest BCUT2D eigenvalue weighted by atomic mass is 9.98. The topological polar surface area (TPSA) is 95.7 Å². The van der Waals surface area contributed by atoms with E-state index in [2.05, 4.69) is 55.4 Å². The summed E-state index contributed by atoms with van der Waals surface area (Å²) in [6.45, 7) is 4.00. The highest BCUT2D eigenvalue weighted by Gasteiger charge is 2.33. The smallest absolute Gasteiger partial charge is 0.253 e. The summed E-state index contributed by atoms with van der Waals surface area (Å²) in [7, 11) is 0. The Bertz CT molecular complexity index is 1480. The monoisotopic (exact) mass is 550 g/mol. The van der Waals surface area contributed by atoms with Crippen molar-refractivity contribution in [2.24, 2.45) is 5.10 Å². The number of hydrogen-bond acceptors (Lipinski definition) is 6. The van der Waals surface area contributed by atoms with Crippen molar-refractivity contribution >= 4 is 45.1 Å². The maximum atomic E-state index is 13.4. The Kier molecular flexibility index (Phi) is 6.57. The van der Waals surface area contributed by atoms with Gasteiger partial charge in [-0.25, -0.2) is 5.01 Å². The van der Waals surface area contributed by atoms with Crippen LogP contribution in [0.2, 0.25) is 0 Å². The first kappa shape index (κ1) is 23.5. The molecule has 1 aliphatic heterocycles. The minimum atomic E-state index is -0.220. The molecule has 35 heavy (non-hydrogen) atoms. The van der Waals surface area contributed by atoms with Crippen LogP contribution in [0.15, 0.2) is 74.1 Å². The fourth-order valence-corrected chi connectivity index (χ4v) is 5.20. The molecular weight excluding hydrogens is 528 g/mol. The number of benzene rings is 2. The summed E-state index contributed by atoms with van der Waals surface area (Å²) in [6, 6.07) is 17.5. The molecule has 0 fully saturated rings. The second-order valence-electron chi connectivity index (χ2n) is 8.33. The molecule has 0 spiro atoms. The van der Waals surface area contributed by atoms with E-state index in [1.54, 1.807) is 9.41 Å². The van der Waals surface area contributed by atoms with E-state index in [0.717, 1.165) is 32.6 Å². The van der Waals surface area contributed by atoms with Crippen LogP contribution in [0.5, 0.6) is 0 Å². The van der Waals surface area contributed by atoms with Crippen molar-refractivity contribution in [2.45, 2.75) is 37.9 Å². The van der Waals surface area contributed by atoms with Crippen LogP contribution in [0.3, 0.4) is 0 Å². The van der Waals surface area contributed by atoms with Gasteiger partial charge >= 0.3 is 0 Å². The number of carbonyl (C=O) groups excluding carboxylic acids is 1. The molecule has 0 saturated heterocycles. The van der Waals surface area contributed by atoms with Gasteiger partial charge in [-0.2, -0.15) is 5.10 Å². The number of aromatic amines is 1. The summed E-state index contributed by atoms with van der Waals surface area (Å²) in [5, 5.41) is 15.2. The molecule has 178 valence electrons. The van der Waals surface area contributed by atoms with Crippen LogP contribution in [0.4, 0.5) is 0 Å². The molecule has 2 aromatic carbocycles. The normalized spacial score (nSPS) is 15.6. The maximum Gasteiger partial charge on any atom is 0.253 e. The predicted molar refractivity (Wildman–Crippen MR) is 140 cm³/mol. The molecule has 10 heteroatoms. The molecule has 1 aliphatic rings. The van der Waals surface area contributed by atoms with E-state index in [9.17, 15) is 9.59 Å². The van der Waals surface area contributed by atoms with Gasteiger partial charge in [0, 0.05) is 22.7 Å². The summed E-state index contributed by atoms with van der Waals surface area (Å²) >= 11 is 4.76. The Morgan fingerprint density at radius 3 is 2.60 bits per heavy atom. The van der Waals surface area contributed by atoms with Crippen molar-refractivity contribution in [2.75, 3.05) is 5.75 Å². The van der Waals surface area contributed by atoms with Crippen molar-refractivity contribution in [1.29, 1.82) is 0 Å². The molecule has 0 saturated carbocycles. The Labute approximate surface area is 214 Å². The fraction of sp³-hybridized carbons (Fsp3) is 0.240. The van der Waals surface area contributed by atoms with Crippen molar-refractivity contribution < 1.29 is 4.79 Å². The second kappa shape index (κ2) is 9.79. The van der Waals surface area contributed by atoms with Gasteiger partial charge in [0.1, 0.15) is 0 Å². The summed E-state index contributed by atoms with van der Waals surface area (Å²) < 4.78 is 2.78. The van der Waals surface area contributed by atoms with Crippen LogP contribution in [-0.2, 0) is 11.2 Å². The van der Waals surface area contributed by atoms with Gasteiger partial charge in [0.2, 0.25) is 5.78 Å². The number of amides is 1. The quantitative estimate of drug-likeness (QED) is 0.356. The molecule has 1 amide bonds. The fourth-order valence-electron chi connectivity index (χ4n) is 4.12. The highest BCUT2D eigenvalue weighted by molar-refractivity contribution is 9.10. The van der Waals surface area contributed by atoms with E-state index in [1.807, 2.05) is 38.1 Å². The summed E-state index contributed by atoms with van der Waals surface area (Å²) in [4.78, 5) is 28.0. The number of H-pyrrole nitrogens is 1. The average Bonchev–Trinajstić information content (AvgIpc) is 3.48. The van der Waals surface area contributed by atoms with Gasteiger partial charge in [0.25, 0.3) is 11.5 Å². The molecule has 0 bridgehead atoms. The van der Waals surface area contributed by atoms with Crippen LogP contribution in [0.1, 0.15) is 41.8 Å². The molecular formula is C25H23BrN6O2S. The molecule has 8 nitrogen and oxygen atoms in total. The third-order valence-electron chi connectivity index (χ3n) is 5.95. The zero-order chi connectivity index (χ0) is 24.5. The number of hydrogen-bond donors (Lipinski definition) is 1. The lowest BCUT2D eigenvalue weighted by Crippen LogP contribution is -2.28. The number of nitrogens with zero attached hydrogens (tertiary/aromatic N) is 5. The number of fused-ring (bicyclic) bond motifs is 1. The SMILES string of the molecule is CCc1cc(=O)[nH]c2nnc(SCC(=O)N3N=C(c4ccc(Br)cc4)CC3c3ccc(C)cc3)n12. The standard InChI is InChI=1S/C25H23BrN6O2S/c1-3-19-12-22(33)27-24-28-29-25(31(19)24)35-14-23(34)32-21(17-6-4-15(2)5-7-17)13-20(30-32)16-8-10-18(26)11-9-16/h4-12,21H,3,13-14H2,1-2H3,(H,27,28,33). The maximum absolute atomic E-state index is 13.4. The number of rotatable bonds is 6. The second-order valence-corrected chi connectivity index (χ2v) is 10.2. The lowest BCUT2D eigenvalue weighted by molar-refractivity contribution is -0.130. The Hall–Kier alpha value is -3.24. The summed E-state index contributed by atoms with van der Waals surface area (Å²) in [6.07, 6.45) is 1.28. The van der Waals surface area contributed by atoms with Crippen LogP contribution < -0.4 is 5.56 Å². The lowest BCUT2D eigenvalue weighted by Gasteiger charge is -2.22. The van der Waals surface area contributed by atoms with Gasteiger partial charge in [-0.3, -0.25) is 19.0 Å². The number of nitrogens with one attached hydrogen (secondary N) is 1. The highest BCUT2D eigenvalue weighted by Crippen LogP contribution is 2.34. The summed E-state index contributed by atoms with van der Waals surface area (Å²) in [5.41, 5.74) is 4.65. The van der Waals surface area contributed by atoms with Gasteiger partial charge in [0.05, 0.1) is 17.5 Å². The van der Waals surface area contributed by atoms with E-state index < -0.39 is 0 Å². The van der Waals surface area contributed by atoms with Gasteiger partial charge in [0.15, 0.2) is 5.16 Å². The molecule has 0 radical (unpaired) electrons. The number of aryl methyl sites for hydroxylation is 2. The van der Waals surface area contributed by atoms with Crippen molar-refractivity contribution in [3.63, 3.8) is 0 Å². The zero-order valence-electron chi connectivity index (χ0n) is 19.2. The van der Waals surface area contributed by atoms with E-state index in [4.69, 9.17) is 5.10 Å². The Balaban J connectivity index is 1.42. The van der Waals surface area contributed by atoms with E-state index in [1.165, 1.54) is 17.8 Å². The predicted octanol–water partition coefficient (Wildman–Crippen LogP) is 4.52. The van der Waals surface area contributed by atoms with Gasteiger partial charge in [-0.05, 0) is 36.6 Å². The third-order valence-corrected chi connectivity index (χ3v) is 7.39. The van der Waals surface area contributed by atoms with Crippen molar-refractivity contribution in [3.8, 4) is 0 Å². The molecule has 1 unspecified atom stereocenters. The first-order valence-corrected chi connectivity index (χ1v) is 13.0. The molecule has 1 N–H and O–H groups in total. The number of hydrazone groups is 1. The van der Waals surface area contributed by atoms with Gasteiger partial charge in [-0.1, -0.05) is 76.6 Å². The minimum absolute atomic E-state index is 0.119. The number of thioether (sulfide) groups is 1. The van der Waals surface area contributed by atoms with Gasteiger partial charge in [-0.15, -0.1) is 10.2 Å². The van der Waals surface area contributed by atoms with Gasteiger partial charge < -0.3 is 0 Å². The Morgan fingerprint density at radius 1 is 1.14 bits per heavy atom. The van der Waals surface area contributed by atoms with Crippen LogP contribution in [-0.4, -0.2) is 42.0 Å². The largest absolute Gasteiger partial charge is 0.291 e.